The molecule has 0 aromatic rings. The van der Waals surface area contributed by atoms with Crippen molar-refractivity contribution >= 4 is 30.8 Å². The molecule has 0 aromatic carbocycles. The van der Waals surface area contributed by atoms with Gasteiger partial charge in [0.25, 0.3) is 0 Å². The first kappa shape index (κ1) is 17.9. The predicted molar refractivity (Wildman–Crippen MR) is 50.0 cm³/mol. The van der Waals surface area contributed by atoms with Crippen molar-refractivity contribution in [1.82, 2.24) is 0 Å². The third kappa shape index (κ3) is 9.93. The molecule has 1 atom stereocenters. The summed E-state index contributed by atoms with van der Waals surface area (Å²) < 4.78 is 4.78. The fourth-order valence-corrected chi connectivity index (χ4v) is 0.365. The maximum absolute atomic E-state index is 10.1. The minimum atomic E-state index is -1.06. The van der Waals surface area contributed by atoms with Crippen LogP contribution in [0.5, 0.6) is 0 Å². The number of rotatable bonds is 5. The van der Waals surface area contributed by atoms with Gasteiger partial charge in [-0.3, -0.25) is 4.79 Å². The van der Waals surface area contributed by atoms with Gasteiger partial charge < -0.3 is 21.3 Å². The molecule has 76 valence electrons. The molecule has 12 heavy (non-hydrogen) atoms. The first-order valence-corrected chi connectivity index (χ1v) is 2.94. The molecule has 0 heterocycles. The van der Waals surface area contributed by atoms with E-state index in [2.05, 4.69) is 0 Å². The van der Waals surface area contributed by atoms with E-state index in [1.54, 1.807) is 0 Å². The minimum absolute atomic E-state index is 0. The van der Waals surface area contributed by atoms with E-state index in [0.29, 0.717) is 13.2 Å². The highest BCUT2D eigenvalue weighted by atomic mass is 35.5. The van der Waals surface area contributed by atoms with Gasteiger partial charge in [-0.2, -0.15) is 0 Å². The van der Waals surface area contributed by atoms with E-state index in [-0.39, 0.29) is 31.4 Å². The molecule has 0 amide bonds. The number of carboxylic acids is 1. The zero-order valence-corrected chi connectivity index (χ0v) is 8.07. The molecule has 0 fully saturated rings. The van der Waals surface area contributed by atoms with E-state index >= 15 is 0 Å². The van der Waals surface area contributed by atoms with Gasteiger partial charge in [0.2, 0.25) is 0 Å². The van der Waals surface area contributed by atoms with Crippen LogP contribution in [0.1, 0.15) is 0 Å². The van der Waals surface area contributed by atoms with E-state index in [4.69, 9.17) is 21.3 Å². The van der Waals surface area contributed by atoms with Crippen molar-refractivity contribution in [2.75, 3.05) is 19.8 Å². The average molecular weight is 221 g/mol. The van der Waals surface area contributed by atoms with Gasteiger partial charge >= 0.3 is 5.97 Å². The normalized spacial score (nSPS) is 10.8. The molecule has 0 aliphatic heterocycles. The lowest BCUT2D eigenvalue weighted by Gasteiger charge is -2.05. The number of hydrogen-bond donors (Lipinski definition) is 3. The van der Waals surface area contributed by atoms with E-state index in [1.165, 1.54) is 0 Å². The summed E-state index contributed by atoms with van der Waals surface area (Å²) >= 11 is 0. The molecule has 0 radical (unpaired) electrons. The Balaban J connectivity index is -0.000000405. The summed E-state index contributed by atoms with van der Waals surface area (Å²) in [6, 6.07) is -0.938. The standard InChI is InChI=1S/C5H12N2O3.2ClH/c6-1-2-10-3-4(7)5(8)9;;/h4H,1-3,6-7H2,(H,8,9);2*1H/t4-;;/m0../s1. The van der Waals surface area contributed by atoms with Crippen LogP contribution in [0.2, 0.25) is 0 Å². The van der Waals surface area contributed by atoms with Crippen LogP contribution in [0, 0.1) is 0 Å². The summed E-state index contributed by atoms with van der Waals surface area (Å²) in [6.45, 7) is 0.750. The number of aliphatic carboxylic acids is 1. The van der Waals surface area contributed by atoms with Gasteiger partial charge in [0.15, 0.2) is 0 Å². The maximum atomic E-state index is 10.1. The number of halogens is 2. The van der Waals surface area contributed by atoms with Crippen LogP contribution in [0.4, 0.5) is 0 Å². The van der Waals surface area contributed by atoms with Crippen molar-refractivity contribution in [2.24, 2.45) is 11.5 Å². The van der Waals surface area contributed by atoms with Gasteiger partial charge in [-0.05, 0) is 0 Å². The van der Waals surface area contributed by atoms with Crippen LogP contribution in [0.15, 0.2) is 0 Å². The molecular formula is C5H14Cl2N2O3. The highest BCUT2D eigenvalue weighted by Crippen LogP contribution is 1.80. The maximum Gasteiger partial charge on any atom is 0.322 e. The molecule has 0 rings (SSSR count). The number of ether oxygens (including phenoxy) is 1. The molecule has 0 aromatic heterocycles. The summed E-state index contributed by atoms with van der Waals surface area (Å²) in [5.41, 5.74) is 10.2. The van der Waals surface area contributed by atoms with Gasteiger partial charge in [-0.25, -0.2) is 0 Å². The number of nitrogens with two attached hydrogens (primary N) is 2. The van der Waals surface area contributed by atoms with Crippen molar-refractivity contribution in [3.63, 3.8) is 0 Å². The Hall–Kier alpha value is -0.0700. The van der Waals surface area contributed by atoms with E-state index in [1.807, 2.05) is 0 Å². The van der Waals surface area contributed by atoms with E-state index in [0.717, 1.165) is 0 Å². The summed E-state index contributed by atoms with van der Waals surface area (Å²) in [7, 11) is 0. The smallest absolute Gasteiger partial charge is 0.322 e. The van der Waals surface area contributed by atoms with Crippen LogP contribution in [-0.2, 0) is 9.53 Å². The summed E-state index contributed by atoms with van der Waals surface area (Å²) in [5, 5.41) is 8.25. The average Bonchev–Trinajstić information content (AvgIpc) is 1.88. The molecular weight excluding hydrogens is 207 g/mol. The van der Waals surface area contributed by atoms with Gasteiger partial charge in [0.1, 0.15) is 6.04 Å². The third-order valence-electron chi connectivity index (χ3n) is 0.877. The van der Waals surface area contributed by atoms with Gasteiger partial charge in [-0.15, -0.1) is 24.8 Å². The van der Waals surface area contributed by atoms with Gasteiger partial charge in [-0.1, -0.05) is 0 Å². The summed E-state index contributed by atoms with van der Waals surface area (Å²) in [4.78, 5) is 10.1. The predicted octanol–water partition coefficient (Wildman–Crippen LogP) is -0.783. The molecule has 5 nitrogen and oxygen atoms in total. The van der Waals surface area contributed by atoms with Crippen LogP contribution in [0.25, 0.3) is 0 Å². The molecule has 7 heteroatoms. The van der Waals surface area contributed by atoms with Crippen LogP contribution in [0.3, 0.4) is 0 Å². The molecule has 5 N–H and O–H groups in total. The Kier molecular flexibility index (Phi) is 16.3. The second-order valence-corrected chi connectivity index (χ2v) is 1.81. The molecule has 0 saturated heterocycles. The molecule has 0 spiro atoms. The Morgan fingerprint density at radius 1 is 1.50 bits per heavy atom. The molecule has 0 aliphatic carbocycles. The van der Waals surface area contributed by atoms with Crippen LogP contribution in [-0.4, -0.2) is 36.9 Å². The van der Waals surface area contributed by atoms with E-state index in [9.17, 15) is 4.79 Å². The minimum Gasteiger partial charge on any atom is -0.480 e. The largest absolute Gasteiger partial charge is 0.480 e. The molecule has 0 aliphatic rings. The van der Waals surface area contributed by atoms with Crippen LogP contribution >= 0.6 is 24.8 Å². The van der Waals surface area contributed by atoms with Crippen molar-refractivity contribution in [3.05, 3.63) is 0 Å². The van der Waals surface area contributed by atoms with Crippen molar-refractivity contribution in [2.45, 2.75) is 6.04 Å². The lowest BCUT2D eigenvalue weighted by atomic mass is 10.3. The lowest BCUT2D eigenvalue weighted by molar-refractivity contribution is -0.139. The Morgan fingerprint density at radius 3 is 2.33 bits per heavy atom. The van der Waals surface area contributed by atoms with Crippen molar-refractivity contribution in [3.8, 4) is 0 Å². The Morgan fingerprint density at radius 2 is 2.00 bits per heavy atom. The Bertz CT molecular complexity index is 115. The molecule has 0 saturated carbocycles. The SMILES string of the molecule is Cl.Cl.NCCOC[C@H](N)C(=O)O. The van der Waals surface area contributed by atoms with Crippen molar-refractivity contribution < 1.29 is 14.6 Å². The number of carboxylic acid groups (broad SMARTS) is 1. The number of hydrogen-bond acceptors (Lipinski definition) is 4. The zero-order valence-electron chi connectivity index (χ0n) is 6.43. The van der Waals surface area contributed by atoms with Crippen molar-refractivity contribution in [1.29, 1.82) is 0 Å². The Labute approximate surface area is 83.3 Å². The fourth-order valence-electron chi connectivity index (χ4n) is 0.365. The monoisotopic (exact) mass is 220 g/mol. The van der Waals surface area contributed by atoms with Gasteiger partial charge in [0.05, 0.1) is 13.2 Å². The second kappa shape index (κ2) is 10.9. The quantitative estimate of drug-likeness (QED) is 0.529. The number of carbonyl (C=O) groups is 1. The topological polar surface area (TPSA) is 98.6 Å². The fraction of sp³-hybridized carbons (Fsp3) is 0.800. The summed E-state index contributed by atoms with van der Waals surface area (Å²) in [6.07, 6.45) is 0. The molecule has 0 unspecified atom stereocenters. The molecule has 0 bridgehead atoms. The highest BCUT2D eigenvalue weighted by Gasteiger charge is 2.09. The highest BCUT2D eigenvalue weighted by molar-refractivity contribution is 5.85. The lowest BCUT2D eigenvalue weighted by Crippen LogP contribution is -2.35. The summed E-state index contributed by atoms with van der Waals surface area (Å²) in [5.74, 6) is -1.06. The second-order valence-electron chi connectivity index (χ2n) is 1.81. The first-order valence-electron chi connectivity index (χ1n) is 2.94. The van der Waals surface area contributed by atoms with E-state index < -0.39 is 12.0 Å². The van der Waals surface area contributed by atoms with Crippen LogP contribution < -0.4 is 11.5 Å². The van der Waals surface area contributed by atoms with Gasteiger partial charge in [0, 0.05) is 6.54 Å². The first-order chi connectivity index (χ1) is 4.68. The third-order valence-corrected chi connectivity index (χ3v) is 0.877. The zero-order chi connectivity index (χ0) is 7.98.